The number of piperidine rings is 1. The number of nitrogens with zero attached hydrogens (tertiary/aromatic N) is 1. The van der Waals surface area contributed by atoms with Gasteiger partial charge in [0.15, 0.2) is 0 Å². The highest BCUT2D eigenvalue weighted by molar-refractivity contribution is 5.79. The first kappa shape index (κ1) is 16.1. The minimum absolute atomic E-state index is 0.180. The van der Waals surface area contributed by atoms with E-state index in [1.165, 1.54) is 31.4 Å². The minimum Gasteiger partial charge on any atom is -0.353 e. The van der Waals surface area contributed by atoms with Crippen molar-refractivity contribution in [2.24, 2.45) is 17.8 Å². The molecule has 1 aromatic carbocycles. The van der Waals surface area contributed by atoms with E-state index in [1.54, 1.807) is 0 Å². The smallest absolute Gasteiger partial charge is 0.223 e. The summed E-state index contributed by atoms with van der Waals surface area (Å²) >= 11 is 0. The molecule has 1 N–H and O–H groups in total. The number of carbonyl (C=O) groups is 1. The highest BCUT2D eigenvalue weighted by Crippen LogP contribution is 2.48. The fourth-order valence-electron chi connectivity index (χ4n) is 4.96. The third-order valence-corrected chi connectivity index (χ3v) is 6.33. The SMILES string of the molecule is O=C(NC1CCN(Cc2ccc(F)cc2)CC1)C1CC2CCC1C2. The summed E-state index contributed by atoms with van der Waals surface area (Å²) in [5.41, 5.74) is 1.15. The van der Waals surface area contributed by atoms with Gasteiger partial charge in [-0.1, -0.05) is 18.6 Å². The van der Waals surface area contributed by atoms with E-state index in [1.807, 2.05) is 12.1 Å². The van der Waals surface area contributed by atoms with E-state index in [4.69, 9.17) is 0 Å². The Balaban J connectivity index is 1.23. The molecule has 1 saturated heterocycles. The molecule has 2 saturated carbocycles. The van der Waals surface area contributed by atoms with Gasteiger partial charge in [0.25, 0.3) is 0 Å². The summed E-state index contributed by atoms with van der Waals surface area (Å²) in [4.78, 5) is 14.9. The molecule has 0 aromatic heterocycles. The topological polar surface area (TPSA) is 32.3 Å². The van der Waals surface area contributed by atoms with Gasteiger partial charge in [-0.05, 0) is 61.6 Å². The minimum atomic E-state index is -0.180. The van der Waals surface area contributed by atoms with Gasteiger partial charge in [-0.25, -0.2) is 4.39 Å². The largest absolute Gasteiger partial charge is 0.353 e. The van der Waals surface area contributed by atoms with Crippen LogP contribution < -0.4 is 5.32 Å². The van der Waals surface area contributed by atoms with E-state index in [2.05, 4.69) is 10.2 Å². The Morgan fingerprint density at radius 2 is 1.83 bits per heavy atom. The summed E-state index contributed by atoms with van der Waals surface area (Å²) in [6.45, 7) is 2.87. The molecular formula is C20H27FN2O. The highest BCUT2D eigenvalue weighted by atomic mass is 19.1. The van der Waals surface area contributed by atoms with Crippen LogP contribution in [0.4, 0.5) is 4.39 Å². The van der Waals surface area contributed by atoms with E-state index in [0.29, 0.717) is 23.8 Å². The van der Waals surface area contributed by atoms with Gasteiger partial charge in [-0.15, -0.1) is 0 Å². The molecule has 3 aliphatic rings. The van der Waals surface area contributed by atoms with E-state index in [-0.39, 0.29) is 5.82 Å². The lowest BCUT2D eigenvalue weighted by Gasteiger charge is -2.33. The summed E-state index contributed by atoms with van der Waals surface area (Å²) in [5, 5.41) is 3.32. The normalized spacial score (nSPS) is 30.6. The number of hydrogen-bond acceptors (Lipinski definition) is 2. The Bertz CT molecular complexity index is 580. The van der Waals surface area contributed by atoms with Gasteiger partial charge in [-0.3, -0.25) is 9.69 Å². The molecule has 1 aliphatic heterocycles. The second-order valence-corrected chi connectivity index (χ2v) is 7.97. The average molecular weight is 330 g/mol. The van der Waals surface area contributed by atoms with Crippen LogP contribution >= 0.6 is 0 Å². The van der Waals surface area contributed by atoms with Gasteiger partial charge in [-0.2, -0.15) is 0 Å². The van der Waals surface area contributed by atoms with Crippen LogP contribution in [0, 0.1) is 23.6 Å². The number of fused-ring (bicyclic) bond motifs is 2. The maximum Gasteiger partial charge on any atom is 0.223 e. The molecule has 3 unspecified atom stereocenters. The lowest BCUT2D eigenvalue weighted by Crippen LogP contribution is -2.46. The monoisotopic (exact) mass is 330 g/mol. The molecular weight excluding hydrogens is 303 g/mol. The fraction of sp³-hybridized carbons (Fsp3) is 0.650. The summed E-state index contributed by atoms with van der Waals surface area (Å²) in [5.74, 6) is 1.91. The van der Waals surface area contributed by atoms with Crippen LogP contribution in [0.2, 0.25) is 0 Å². The molecule has 1 amide bonds. The third-order valence-electron chi connectivity index (χ3n) is 6.33. The van der Waals surface area contributed by atoms with Crippen LogP contribution in [0.15, 0.2) is 24.3 Å². The van der Waals surface area contributed by atoms with Crippen LogP contribution in [-0.4, -0.2) is 29.9 Å². The van der Waals surface area contributed by atoms with Gasteiger partial charge in [0, 0.05) is 31.6 Å². The van der Waals surface area contributed by atoms with Crippen molar-refractivity contribution in [3.63, 3.8) is 0 Å². The van der Waals surface area contributed by atoms with Gasteiger partial charge in [0.05, 0.1) is 0 Å². The number of nitrogens with one attached hydrogen (secondary N) is 1. The maximum absolute atomic E-state index is 13.0. The van der Waals surface area contributed by atoms with Crippen molar-refractivity contribution in [2.45, 2.75) is 51.1 Å². The first-order valence-electron chi connectivity index (χ1n) is 9.44. The predicted octanol–water partition coefficient (Wildman–Crippen LogP) is 3.34. The Kier molecular flexibility index (Phi) is 4.57. The Labute approximate surface area is 143 Å². The summed E-state index contributed by atoms with van der Waals surface area (Å²) in [7, 11) is 0. The van der Waals surface area contributed by atoms with Gasteiger partial charge in [0.2, 0.25) is 5.91 Å². The van der Waals surface area contributed by atoms with Crippen molar-refractivity contribution in [1.82, 2.24) is 10.2 Å². The van der Waals surface area contributed by atoms with Crippen LogP contribution in [0.3, 0.4) is 0 Å². The van der Waals surface area contributed by atoms with Crippen LogP contribution in [0.1, 0.15) is 44.1 Å². The Morgan fingerprint density at radius 3 is 2.46 bits per heavy atom. The maximum atomic E-state index is 13.0. The molecule has 3 atom stereocenters. The molecule has 4 rings (SSSR count). The molecule has 130 valence electrons. The summed E-state index contributed by atoms with van der Waals surface area (Å²) in [6, 6.07) is 7.10. The lowest BCUT2D eigenvalue weighted by molar-refractivity contribution is -0.127. The Hall–Kier alpha value is -1.42. The third kappa shape index (κ3) is 3.49. The van der Waals surface area contributed by atoms with Crippen molar-refractivity contribution in [3.8, 4) is 0 Å². The number of hydrogen-bond donors (Lipinski definition) is 1. The zero-order chi connectivity index (χ0) is 16.5. The first-order valence-corrected chi connectivity index (χ1v) is 9.44. The van der Waals surface area contributed by atoms with Crippen LogP contribution in [-0.2, 0) is 11.3 Å². The molecule has 3 fully saturated rings. The number of likely N-dealkylation sites (tertiary alicyclic amines) is 1. The molecule has 2 aliphatic carbocycles. The zero-order valence-electron chi connectivity index (χ0n) is 14.2. The second-order valence-electron chi connectivity index (χ2n) is 7.97. The van der Waals surface area contributed by atoms with E-state index in [0.717, 1.165) is 50.4 Å². The van der Waals surface area contributed by atoms with E-state index in [9.17, 15) is 9.18 Å². The molecule has 3 nitrogen and oxygen atoms in total. The average Bonchev–Trinajstić information content (AvgIpc) is 3.22. The number of rotatable bonds is 4. The molecule has 1 aromatic rings. The van der Waals surface area contributed by atoms with Crippen molar-refractivity contribution in [1.29, 1.82) is 0 Å². The quantitative estimate of drug-likeness (QED) is 0.918. The van der Waals surface area contributed by atoms with Gasteiger partial charge in [0.1, 0.15) is 5.82 Å². The fourth-order valence-corrected chi connectivity index (χ4v) is 4.96. The first-order chi connectivity index (χ1) is 11.7. The highest BCUT2D eigenvalue weighted by Gasteiger charge is 2.43. The lowest BCUT2D eigenvalue weighted by atomic mass is 9.87. The van der Waals surface area contributed by atoms with Gasteiger partial charge >= 0.3 is 0 Å². The molecule has 0 radical (unpaired) electrons. The van der Waals surface area contributed by atoms with Crippen LogP contribution in [0.25, 0.3) is 0 Å². The standard InChI is InChI=1S/C20H27FN2O/c21-17-5-2-14(3-6-17)13-23-9-7-18(8-10-23)22-20(24)19-12-15-1-4-16(19)11-15/h2-3,5-6,15-16,18-19H,1,4,7-13H2,(H,22,24). The van der Waals surface area contributed by atoms with E-state index >= 15 is 0 Å². The molecule has 24 heavy (non-hydrogen) atoms. The predicted molar refractivity (Wildman–Crippen MR) is 91.8 cm³/mol. The number of amides is 1. The number of halogens is 1. The van der Waals surface area contributed by atoms with Crippen molar-refractivity contribution >= 4 is 5.91 Å². The molecule has 1 heterocycles. The molecule has 2 bridgehead atoms. The number of carbonyl (C=O) groups excluding carboxylic acids is 1. The molecule has 0 spiro atoms. The summed E-state index contributed by atoms with van der Waals surface area (Å²) < 4.78 is 13.0. The zero-order valence-corrected chi connectivity index (χ0v) is 14.2. The Morgan fingerprint density at radius 1 is 1.08 bits per heavy atom. The van der Waals surface area contributed by atoms with Gasteiger partial charge < -0.3 is 5.32 Å². The number of benzene rings is 1. The van der Waals surface area contributed by atoms with E-state index < -0.39 is 0 Å². The van der Waals surface area contributed by atoms with Crippen molar-refractivity contribution < 1.29 is 9.18 Å². The van der Waals surface area contributed by atoms with Crippen molar-refractivity contribution in [2.75, 3.05) is 13.1 Å². The van der Waals surface area contributed by atoms with Crippen molar-refractivity contribution in [3.05, 3.63) is 35.6 Å². The summed E-state index contributed by atoms with van der Waals surface area (Å²) in [6.07, 6.45) is 7.06. The second kappa shape index (κ2) is 6.83. The molecule has 4 heteroatoms. The van der Waals surface area contributed by atoms with Crippen LogP contribution in [0.5, 0.6) is 0 Å².